The van der Waals surface area contributed by atoms with Crippen molar-refractivity contribution in [1.29, 1.82) is 0 Å². The topological polar surface area (TPSA) is 102 Å². The zero-order valence-electron chi connectivity index (χ0n) is 29.6. The molecule has 0 aliphatic rings. The lowest BCUT2D eigenvalue weighted by molar-refractivity contribution is -0.146. The molecule has 0 aliphatic carbocycles. The highest BCUT2D eigenvalue weighted by Crippen LogP contribution is 2.22. The fourth-order valence-electron chi connectivity index (χ4n) is 5.54. The molecular formula is C39H50F2N4O4. The molecule has 3 aromatic carbocycles. The summed E-state index contributed by atoms with van der Waals surface area (Å²) in [5, 5.41) is 16.0. The van der Waals surface area contributed by atoms with E-state index in [-0.39, 0.29) is 30.8 Å². The van der Waals surface area contributed by atoms with Gasteiger partial charge in [0.1, 0.15) is 12.1 Å². The normalized spacial score (nSPS) is 13.7. The van der Waals surface area contributed by atoms with Crippen LogP contribution < -0.4 is 10.6 Å². The van der Waals surface area contributed by atoms with E-state index in [4.69, 9.17) is 0 Å². The minimum Gasteiger partial charge on any atom is -0.391 e. The van der Waals surface area contributed by atoms with Crippen LogP contribution in [0, 0.1) is 11.6 Å². The van der Waals surface area contributed by atoms with Crippen LogP contribution in [0.4, 0.5) is 8.78 Å². The third kappa shape index (κ3) is 11.3. The van der Waals surface area contributed by atoms with Crippen molar-refractivity contribution in [1.82, 2.24) is 20.4 Å². The Bertz CT molecular complexity index is 1590. The van der Waals surface area contributed by atoms with Crippen LogP contribution in [0.1, 0.15) is 51.7 Å². The molecule has 3 N–H and O–H groups in total. The van der Waals surface area contributed by atoms with Gasteiger partial charge in [-0.15, -0.1) is 0 Å². The van der Waals surface area contributed by atoms with Crippen LogP contribution in [0.5, 0.6) is 0 Å². The van der Waals surface area contributed by atoms with Gasteiger partial charge in [-0.3, -0.25) is 14.4 Å². The van der Waals surface area contributed by atoms with E-state index in [1.54, 1.807) is 14.0 Å². The van der Waals surface area contributed by atoms with Crippen LogP contribution in [0.3, 0.4) is 0 Å². The third-order valence-corrected chi connectivity index (χ3v) is 8.87. The number of nitrogens with one attached hydrogen (secondary N) is 2. The second-order valence-corrected chi connectivity index (χ2v) is 13.3. The lowest BCUT2D eigenvalue weighted by Gasteiger charge is -2.34. The van der Waals surface area contributed by atoms with Gasteiger partial charge in [-0.2, -0.15) is 0 Å². The van der Waals surface area contributed by atoms with E-state index in [2.05, 4.69) is 10.6 Å². The monoisotopic (exact) mass is 676 g/mol. The van der Waals surface area contributed by atoms with Crippen molar-refractivity contribution in [2.24, 2.45) is 0 Å². The summed E-state index contributed by atoms with van der Waals surface area (Å²) in [6, 6.07) is 18.8. The molecule has 0 aromatic heterocycles. The van der Waals surface area contributed by atoms with Crippen molar-refractivity contribution < 1.29 is 28.3 Å². The molecule has 49 heavy (non-hydrogen) atoms. The first-order valence-corrected chi connectivity index (χ1v) is 16.6. The fourth-order valence-corrected chi connectivity index (χ4v) is 5.54. The summed E-state index contributed by atoms with van der Waals surface area (Å²) < 4.78 is 27.9. The Morgan fingerprint density at radius 1 is 0.857 bits per heavy atom. The summed E-state index contributed by atoms with van der Waals surface area (Å²) in [4.78, 5) is 44.3. The van der Waals surface area contributed by atoms with Gasteiger partial charge in [0.25, 0.3) is 0 Å². The fraction of sp³-hybridized carbons (Fsp3) is 0.410. The number of nitrogens with zero attached hydrogens (tertiary/aromatic N) is 2. The second-order valence-electron chi connectivity index (χ2n) is 13.3. The highest BCUT2D eigenvalue weighted by Gasteiger charge is 2.35. The smallest absolute Gasteiger partial charge is 0.246 e. The molecule has 0 radical (unpaired) electrons. The second kappa shape index (κ2) is 17.8. The number of carbonyl (C=O) groups is 3. The number of halogens is 2. The van der Waals surface area contributed by atoms with Gasteiger partial charge < -0.3 is 25.5 Å². The molecule has 0 saturated carbocycles. The van der Waals surface area contributed by atoms with Crippen LogP contribution in [-0.4, -0.2) is 84.0 Å². The van der Waals surface area contributed by atoms with Gasteiger partial charge in [-0.25, -0.2) is 8.78 Å². The molecule has 3 rings (SSSR count). The summed E-state index contributed by atoms with van der Waals surface area (Å²) >= 11 is 0. The lowest BCUT2D eigenvalue weighted by atomic mass is 9.95. The average Bonchev–Trinajstić information content (AvgIpc) is 3.09. The van der Waals surface area contributed by atoms with Gasteiger partial charge in [0.2, 0.25) is 17.7 Å². The van der Waals surface area contributed by atoms with Crippen molar-refractivity contribution in [2.75, 3.05) is 27.7 Å². The summed E-state index contributed by atoms with van der Waals surface area (Å²) in [6.07, 6.45) is 1.76. The van der Waals surface area contributed by atoms with Crippen LogP contribution in [0.2, 0.25) is 0 Å². The van der Waals surface area contributed by atoms with Gasteiger partial charge in [-0.1, -0.05) is 73.2 Å². The Kier molecular flexibility index (Phi) is 14.2. The average molecular weight is 677 g/mol. The highest BCUT2D eigenvalue weighted by atomic mass is 19.2. The Labute approximate surface area is 289 Å². The molecule has 3 atom stereocenters. The molecule has 0 aliphatic heterocycles. The molecule has 0 fully saturated rings. The van der Waals surface area contributed by atoms with E-state index >= 15 is 0 Å². The van der Waals surface area contributed by atoms with Crippen LogP contribution in [0.15, 0.2) is 84.4 Å². The van der Waals surface area contributed by atoms with Gasteiger partial charge >= 0.3 is 0 Å². The van der Waals surface area contributed by atoms with Gasteiger partial charge in [0, 0.05) is 45.1 Å². The number of rotatable bonds is 16. The zero-order chi connectivity index (χ0) is 36.3. The van der Waals surface area contributed by atoms with Crippen LogP contribution >= 0.6 is 0 Å². The Balaban J connectivity index is 1.99. The Morgan fingerprint density at radius 3 is 2.04 bits per heavy atom. The molecule has 0 spiro atoms. The van der Waals surface area contributed by atoms with E-state index in [0.29, 0.717) is 18.4 Å². The van der Waals surface area contributed by atoms with Crippen molar-refractivity contribution >= 4 is 17.7 Å². The first kappa shape index (κ1) is 39.0. The number of carbonyl (C=O) groups excluding carboxylic acids is 3. The predicted molar refractivity (Wildman–Crippen MR) is 190 cm³/mol. The van der Waals surface area contributed by atoms with Crippen LogP contribution in [0.25, 0.3) is 11.1 Å². The highest BCUT2D eigenvalue weighted by molar-refractivity contribution is 5.95. The number of amides is 3. The van der Waals surface area contributed by atoms with Crippen molar-refractivity contribution in [3.05, 3.63) is 107 Å². The summed E-state index contributed by atoms with van der Waals surface area (Å²) in [6.45, 7) is 7.63. The molecule has 0 unspecified atom stereocenters. The molecule has 3 aromatic rings. The largest absolute Gasteiger partial charge is 0.391 e. The van der Waals surface area contributed by atoms with E-state index in [1.165, 1.54) is 29.0 Å². The first-order valence-electron chi connectivity index (χ1n) is 16.6. The van der Waals surface area contributed by atoms with E-state index in [9.17, 15) is 28.3 Å². The predicted octanol–water partition coefficient (Wildman–Crippen LogP) is 5.29. The molecule has 8 nitrogen and oxygen atoms in total. The van der Waals surface area contributed by atoms with E-state index in [0.717, 1.165) is 34.4 Å². The molecular weight excluding hydrogens is 626 g/mol. The van der Waals surface area contributed by atoms with Crippen molar-refractivity contribution in [2.45, 2.75) is 77.1 Å². The maximum Gasteiger partial charge on any atom is 0.246 e. The number of likely N-dealkylation sites (N-methyl/N-ethyl adjacent to an activating group) is 2. The molecule has 0 bridgehead atoms. The minimum absolute atomic E-state index is 0.0474. The van der Waals surface area contributed by atoms with E-state index < -0.39 is 41.6 Å². The Morgan fingerprint density at radius 2 is 1.45 bits per heavy atom. The zero-order valence-corrected chi connectivity index (χ0v) is 29.6. The molecule has 264 valence electrons. The van der Waals surface area contributed by atoms with Crippen molar-refractivity contribution in [3.8, 4) is 11.1 Å². The minimum atomic E-state index is -1.15. The van der Waals surface area contributed by atoms with Gasteiger partial charge in [0.05, 0.1) is 6.10 Å². The molecule has 10 heteroatoms. The molecule has 0 saturated heterocycles. The summed E-state index contributed by atoms with van der Waals surface area (Å²) in [7, 11) is 4.87. The lowest BCUT2D eigenvalue weighted by Crippen LogP contribution is -2.56. The molecule has 0 heterocycles. The molecule has 3 amide bonds. The van der Waals surface area contributed by atoms with Crippen LogP contribution in [-0.2, 0) is 27.2 Å². The number of hydrogen-bond acceptors (Lipinski definition) is 5. The quantitative estimate of drug-likeness (QED) is 0.179. The number of aliphatic hydroxyl groups excluding tert-OH is 1. The SMILES string of the molecule is CC[C@@H](O)CNC(=O)[C@@H](Cc1ccc(F)c(F)c1)N(C)C(=O)[C@@H](Cc1ccc(-c2ccccc2)cc1)N(C)C(=O)/C=C(\C)CC(C)(C)NC. The van der Waals surface area contributed by atoms with Crippen molar-refractivity contribution in [3.63, 3.8) is 0 Å². The maximum atomic E-state index is 14.4. The summed E-state index contributed by atoms with van der Waals surface area (Å²) in [5.41, 5.74) is 3.72. The third-order valence-electron chi connectivity index (χ3n) is 8.87. The first-order chi connectivity index (χ1) is 23.1. The maximum absolute atomic E-state index is 14.4. The number of aliphatic hydroxyl groups is 1. The summed E-state index contributed by atoms with van der Waals surface area (Å²) in [5.74, 6) is -3.55. The Hall–Kier alpha value is -4.41. The number of hydrogen-bond donors (Lipinski definition) is 3. The number of benzene rings is 3. The standard InChI is InChI=1S/C39H50F2N4O4/c1-8-31(46)25-43-37(48)34(23-28-16-19-32(40)33(41)21-28)45(7)38(49)35(44(6)36(47)20-26(2)24-39(3,4)42-5)22-27-14-17-30(18-15-27)29-12-10-9-11-13-29/h9-21,31,34-35,42,46H,8,22-25H2,1-7H3,(H,43,48)/b26-20+/t31-,34-,35-/m1/s1. The van der Waals surface area contributed by atoms with E-state index in [1.807, 2.05) is 82.4 Å². The van der Waals surface area contributed by atoms with Gasteiger partial charge in [-0.05, 0) is 75.0 Å². The van der Waals surface area contributed by atoms with Gasteiger partial charge in [0.15, 0.2) is 11.6 Å².